The lowest BCUT2D eigenvalue weighted by molar-refractivity contribution is -0.166. The summed E-state index contributed by atoms with van der Waals surface area (Å²) in [5, 5.41) is 0. The Balaban J connectivity index is 2.03. The van der Waals surface area contributed by atoms with Crippen molar-refractivity contribution < 1.29 is 23.9 Å². The van der Waals surface area contributed by atoms with Crippen molar-refractivity contribution in [3.05, 3.63) is 29.8 Å². The highest BCUT2D eigenvalue weighted by Gasteiger charge is 2.76. The molecule has 6 heteroatoms. The summed E-state index contributed by atoms with van der Waals surface area (Å²) in [6, 6.07) is 6.73. The quantitative estimate of drug-likeness (QED) is 0.787. The maximum atomic E-state index is 13.4. The molecule has 1 aromatic carbocycles. The second-order valence-electron chi connectivity index (χ2n) is 7.55. The van der Waals surface area contributed by atoms with Gasteiger partial charge in [0, 0.05) is 12.5 Å². The normalized spacial score (nSPS) is 29.2. The van der Waals surface area contributed by atoms with Crippen LogP contribution in [0.4, 0.5) is 5.69 Å². The van der Waals surface area contributed by atoms with Gasteiger partial charge in [-0.3, -0.25) is 9.59 Å². The predicted molar refractivity (Wildman–Crippen MR) is 91.1 cm³/mol. The monoisotopic (exact) mass is 345 g/mol. The van der Waals surface area contributed by atoms with Crippen LogP contribution in [0.25, 0.3) is 0 Å². The highest BCUT2D eigenvalue weighted by atomic mass is 16.6. The maximum absolute atomic E-state index is 13.4. The molecule has 1 amide bonds. The number of anilines is 1. The first-order valence-electron chi connectivity index (χ1n) is 8.31. The van der Waals surface area contributed by atoms with Gasteiger partial charge in [-0.15, -0.1) is 0 Å². The lowest BCUT2D eigenvalue weighted by Gasteiger charge is -2.38. The largest absolute Gasteiger partial charge is 0.465 e. The fraction of sp³-hybridized carbons (Fsp3) is 0.526. The Labute approximate surface area is 147 Å². The van der Waals surface area contributed by atoms with Crippen molar-refractivity contribution >= 4 is 23.5 Å². The third-order valence-corrected chi connectivity index (χ3v) is 6.40. The number of benzene rings is 1. The number of carbonyl (C=O) groups excluding carboxylic acids is 3. The number of rotatable bonds is 3. The molecule has 2 fully saturated rings. The van der Waals surface area contributed by atoms with Crippen LogP contribution in [0.1, 0.15) is 44.0 Å². The fourth-order valence-electron chi connectivity index (χ4n) is 4.15. The van der Waals surface area contributed by atoms with Gasteiger partial charge in [-0.1, -0.05) is 26.0 Å². The first-order chi connectivity index (χ1) is 11.6. The van der Waals surface area contributed by atoms with Gasteiger partial charge >= 0.3 is 11.9 Å². The van der Waals surface area contributed by atoms with E-state index in [1.165, 1.54) is 12.0 Å². The van der Waals surface area contributed by atoms with E-state index in [2.05, 4.69) is 0 Å². The minimum atomic E-state index is -1.21. The van der Waals surface area contributed by atoms with Crippen molar-refractivity contribution in [1.29, 1.82) is 0 Å². The van der Waals surface area contributed by atoms with E-state index in [0.29, 0.717) is 24.1 Å². The summed E-state index contributed by atoms with van der Waals surface area (Å²) < 4.78 is 10.5. The Morgan fingerprint density at radius 1 is 1.16 bits per heavy atom. The topological polar surface area (TPSA) is 72.9 Å². The van der Waals surface area contributed by atoms with E-state index in [1.54, 1.807) is 31.3 Å². The lowest BCUT2D eigenvalue weighted by Crippen LogP contribution is -2.54. The number of para-hydroxylation sites is 1. The molecule has 1 saturated heterocycles. The van der Waals surface area contributed by atoms with Crippen molar-refractivity contribution in [2.24, 2.45) is 10.8 Å². The molecule has 25 heavy (non-hydrogen) atoms. The first kappa shape index (κ1) is 17.5. The van der Waals surface area contributed by atoms with Crippen LogP contribution in [0.3, 0.4) is 0 Å². The maximum Gasteiger partial charge on any atom is 0.339 e. The van der Waals surface area contributed by atoms with Crippen molar-refractivity contribution in [3.8, 4) is 0 Å². The summed E-state index contributed by atoms with van der Waals surface area (Å²) >= 11 is 0. The van der Waals surface area contributed by atoms with Crippen molar-refractivity contribution in [2.75, 3.05) is 19.1 Å². The van der Waals surface area contributed by atoms with Crippen LogP contribution in [0.5, 0.6) is 0 Å². The summed E-state index contributed by atoms with van der Waals surface area (Å²) in [5.74, 6) is -1.16. The zero-order valence-corrected chi connectivity index (χ0v) is 15.2. The minimum absolute atomic E-state index is 0.292. The van der Waals surface area contributed by atoms with Crippen LogP contribution in [0.15, 0.2) is 24.3 Å². The lowest BCUT2D eigenvalue weighted by atomic mass is 9.66. The highest BCUT2D eigenvalue weighted by molar-refractivity contribution is 6.08. The van der Waals surface area contributed by atoms with Crippen LogP contribution in [-0.2, 0) is 19.1 Å². The van der Waals surface area contributed by atoms with Crippen LogP contribution in [0.2, 0.25) is 0 Å². The first-order valence-corrected chi connectivity index (χ1v) is 8.31. The molecule has 0 unspecified atom stereocenters. The number of amides is 1. The average Bonchev–Trinajstić information content (AvgIpc) is 2.90. The number of hydrogen-bond donors (Lipinski definition) is 0. The number of likely N-dealkylation sites (N-methyl/N-ethyl adjacent to an activating group) is 1. The van der Waals surface area contributed by atoms with Gasteiger partial charge < -0.3 is 14.4 Å². The molecule has 1 aromatic rings. The number of hydrogen-bond acceptors (Lipinski definition) is 5. The molecule has 0 aromatic heterocycles. The van der Waals surface area contributed by atoms with Crippen molar-refractivity contribution in [1.82, 2.24) is 0 Å². The predicted octanol–water partition coefficient (Wildman–Crippen LogP) is 2.56. The molecule has 0 radical (unpaired) electrons. The molecule has 1 aliphatic carbocycles. The van der Waals surface area contributed by atoms with Gasteiger partial charge in [0.15, 0.2) is 5.60 Å². The number of carbonyl (C=O) groups is 3. The number of fused-ring (bicyclic) bond motifs is 2. The summed E-state index contributed by atoms with van der Waals surface area (Å²) in [6.07, 6.45) is 1.09. The smallest absolute Gasteiger partial charge is 0.339 e. The summed E-state index contributed by atoms with van der Waals surface area (Å²) in [7, 11) is 2.89. The standard InChI is InChI=1S/C19H23NO5/c1-17(2)18(3)10-11-19(17,25-16(18)23)15(22)20(4)13-9-7-6-8-12(13)14(21)24-5/h6-9H,10-11H2,1-5H3/t18-,19+/m0/s1. The molecule has 2 atom stereocenters. The van der Waals surface area contributed by atoms with Gasteiger partial charge in [-0.05, 0) is 31.9 Å². The summed E-state index contributed by atoms with van der Waals surface area (Å²) in [5.41, 5.74) is -1.80. The summed E-state index contributed by atoms with van der Waals surface area (Å²) in [6.45, 7) is 5.67. The molecule has 1 aliphatic heterocycles. The zero-order valence-electron chi connectivity index (χ0n) is 15.2. The molecule has 134 valence electrons. The SMILES string of the molecule is COC(=O)c1ccccc1N(C)C(=O)[C@@]12CC[C@@](C)(C(=O)O1)C2(C)C. The van der Waals surface area contributed by atoms with Crippen molar-refractivity contribution in [3.63, 3.8) is 0 Å². The van der Waals surface area contributed by atoms with E-state index < -0.39 is 22.4 Å². The van der Waals surface area contributed by atoms with Crippen LogP contribution >= 0.6 is 0 Å². The number of esters is 2. The van der Waals surface area contributed by atoms with Gasteiger partial charge in [0.1, 0.15) is 0 Å². The van der Waals surface area contributed by atoms with Gasteiger partial charge in [0.25, 0.3) is 5.91 Å². The Bertz CT molecular complexity index is 771. The van der Waals surface area contributed by atoms with Crippen LogP contribution in [0, 0.1) is 10.8 Å². The summed E-state index contributed by atoms with van der Waals surface area (Å²) in [4.78, 5) is 39.2. The molecule has 6 nitrogen and oxygen atoms in total. The molecule has 1 heterocycles. The van der Waals surface area contributed by atoms with Crippen molar-refractivity contribution in [2.45, 2.75) is 39.2 Å². The van der Waals surface area contributed by atoms with E-state index in [9.17, 15) is 14.4 Å². The average molecular weight is 345 g/mol. The van der Waals surface area contributed by atoms with E-state index >= 15 is 0 Å². The molecule has 3 rings (SSSR count). The van der Waals surface area contributed by atoms with Gasteiger partial charge in [-0.2, -0.15) is 0 Å². The molecular formula is C19H23NO5. The van der Waals surface area contributed by atoms with Gasteiger partial charge in [-0.25, -0.2) is 4.79 Å². The Morgan fingerprint density at radius 3 is 2.32 bits per heavy atom. The Hall–Kier alpha value is -2.37. The third kappa shape index (κ3) is 2.00. The van der Waals surface area contributed by atoms with Crippen LogP contribution in [-0.4, -0.2) is 37.6 Å². The zero-order chi connectivity index (χ0) is 18.6. The van der Waals surface area contributed by atoms with Gasteiger partial charge in [0.2, 0.25) is 0 Å². The molecular weight excluding hydrogens is 322 g/mol. The molecule has 2 bridgehead atoms. The number of ether oxygens (including phenoxy) is 2. The Morgan fingerprint density at radius 2 is 1.80 bits per heavy atom. The minimum Gasteiger partial charge on any atom is -0.465 e. The molecule has 1 saturated carbocycles. The number of nitrogens with zero attached hydrogens (tertiary/aromatic N) is 1. The van der Waals surface area contributed by atoms with Crippen LogP contribution < -0.4 is 4.90 Å². The van der Waals surface area contributed by atoms with E-state index in [-0.39, 0.29) is 11.9 Å². The van der Waals surface area contributed by atoms with E-state index in [0.717, 1.165) is 0 Å². The molecule has 0 N–H and O–H groups in total. The second kappa shape index (κ2) is 5.31. The fourth-order valence-corrected chi connectivity index (χ4v) is 4.15. The number of methoxy groups -OCH3 is 1. The Kier molecular flexibility index (Phi) is 3.71. The van der Waals surface area contributed by atoms with Gasteiger partial charge in [0.05, 0.1) is 23.8 Å². The second-order valence-corrected chi connectivity index (χ2v) is 7.55. The van der Waals surface area contributed by atoms with E-state index in [1.807, 2.05) is 20.8 Å². The van der Waals surface area contributed by atoms with E-state index in [4.69, 9.17) is 9.47 Å². The molecule has 2 aliphatic rings. The highest BCUT2D eigenvalue weighted by Crippen LogP contribution is 2.66. The molecule has 0 spiro atoms. The third-order valence-electron chi connectivity index (χ3n) is 6.40.